The summed E-state index contributed by atoms with van der Waals surface area (Å²) in [5.41, 5.74) is 0. The van der Waals surface area contributed by atoms with Crippen LogP contribution in [0, 0.1) is 5.92 Å². The highest BCUT2D eigenvalue weighted by atomic mass is 16.5. The maximum atomic E-state index is 12.0. The van der Waals surface area contributed by atoms with Gasteiger partial charge in [-0.1, -0.05) is 0 Å². The number of amides is 1. The minimum absolute atomic E-state index is 0.130. The van der Waals surface area contributed by atoms with Crippen LogP contribution in [0.2, 0.25) is 0 Å². The van der Waals surface area contributed by atoms with Gasteiger partial charge in [0.25, 0.3) is 0 Å². The first-order chi connectivity index (χ1) is 8.65. The van der Waals surface area contributed by atoms with Crippen molar-refractivity contribution in [3.05, 3.63) is 0 Å². The molecular weight excluding hydrogens is 230 g/mol. The molecule has 0 bridgehead atoms. The summed E-state index contributed by atoms with van der Waals surface area (Å²) in [6, 6.07) is 0. The quantitative estimate of drug-likeness (QED) is 0.811. The number of hydrogen-bond acceptors (Lipinski definition) is 3. The average Bonchev–Trinajstić information content (AvgIpc) is 2.35. The summed E-state index contributed by atoms with van der Waals surface area (Å²) in [6.07, 6.45) is 6.81. The monoisotopic (exact) mass is 255 g/mol. The summed E-state index contributed by atoms with van der Waals surface area (Å²) < 4.78 is 5.63. The van der Waals surface area contributed by atoms with Crippen molar-refractivity contribution in [2.45, 2.75) is 57.2 Å². The molecular formula is C14H25NO3. The average molecular weight is 255 g/mol. The first-order valence-electron chi connectivity index (χ1n) is 7.19. The fraction of sp³-hybridized carbons (Fsp3) is 0.929. The Labute approximate surface area is 109 Å². The summed E-state index contributed by atoms with van der Waals surface area (Å²) in [5.74, 6) is 0.713. The predicted molar refractivity (Wildman–Crippen MR) is 69.2 cm³/mol. The van der Waals surface area contributed by atoms with Crippen molar-refractivity contribution in [1.29, 1.82) is 0 Å². The Kier molecular flexibility index (Phi) is 5.01. The number of ether oxygens (including phenoxy) is 1. The topological polar surface area (TPSA) is 49.8 Å². The van der Waals surface area contributed by atoms with Crippen molar-refractivity contribution in [2.24, 2.45) is 5.92 Å². The molecule has 0 aromatic carbocycles. The Morgan fingerprint density at radius 1 is 1.39 bits per heavy atom. The number of carbonyl (C=O) groups is 1. The highest BCUT2D eigenvalue weighted by Crippen LogP contribution is 2.27. The molecule has 0 radical (unpaired) electrons. The van der Waals surface area contributed by atoms with Crippen molar-refractivity contribution < 1.29 is 14.6 Å². The molecule has 104 valence electrons. The van der Waals surface area contributed by atoms with E-state index in [-0.39, 0.29) is 12.0 Å². The Balaban J connectivity index is 1.61. The molecule has 0 aromatic heterocycles. The van der Waals surface area contributed by atoms with Gasteiger partial charge in [0.05, 0.1) is 12.2 Å². The zero-order chi connectivity index (χ0) is 13.0. The van der Waals surface area contributed by atoms with Gasteiger partial charge in [-0.05, 0) is 44.4 Å². The molecule has 1 heterocycles. The van der Waals surface area contributed by atoms with Crippen LogP contribution in [0.1, 0.15) is 44.9 Å². The zero-order valence-electron chi connectivity index (χ0n) is 11.3. The maximum Gasteiger partial charge on any atom is 0.222 e. The minimum atomic E-state index is -0.130. The molecule has 4 heteroatoms. The molecule has 1 saturated heterocycles. The second-order valence-corrected chi connectivity index (χ2v) is 5.79. The van der Waals surface area contributed by atoms with Crippen LogP contribution in [-0.2, 0) is 9.53 Å². The molecule has 18 heavy (non-hydrogen) atoms. The summed E-state index contributed by atoms with van der Waals surface area (Å²) in [6.45, 7) is 1.65. The van der Waals surface area contributed by atoms with Crippen LogP contribution in [0.25, 0.3) is 0 Å². The van der Waals surface area contributed by atoms with Crippen LogP contribution in [0.15, 0.2) is 0 Å². The summed E-state index contributed by atoms with van der Waals surface area (Å²) in [5, 5.41) is 9.22. The van der Waals surface area contributed by atoms with Crippen molar-refractivity contribution >= 4 is 5.91 Å². The number of rotatable bonds is 5. The largest absolute Gasteiger partial charge is 0.393 e. The molecule has 1 N–H and O–H groups in total. The van der Waals surface area contributed by atoms with Gasteiger partial charge >= 0.3 is 0 Å². The zero-order valence-corrected chi connectivity index (χ0v) is 11.3. The third-order valence-corrected chi connectivity index (χ3v) is 4.12. The lowest BCUT2D eigenvalue weighted by atomic mass is 9.82. The highest BCUT2D eigenvalue weighted by molar-refractivity contribution is 5.75. The minimum Gasteiger partial charge on any atom is -0.393 e. The van der Waals surface area contributed by atoms with E-state index in [1.807, 2.05) is 11.9 Å². The third-order valence-electron chi connectivity index (χ3n) is 4.12. The van der Waals surface area contributed by atoms with E-state index in [4.69, 9.17) is 4.74 Å². The van der Waals surface area contributed by atoms with Crippen LogP contribution in [0.5, 0.6) is 0 Å². The third kappa shape index (κ3) is 3.95. The predicted octanol–water partition coefficient (Wildman–Crippen LogP) is 1.56. The summed E-state index contributed by atoms with van der Waals surface area (Å²) in [4.78, 5) is 13.8. The molecule has 1 amide bonds. The highest BCUT2D eigenvalue weighted by Gasteiger charge is 2.29. The van der Waals surface area contributed by atoms with Gasteiger partial charge in [0.2, 0.25) is 5.91 Å². The number of aliphatic hydroxyl groups is 1. The fourth-order valence-corrected chi connectivity index (χ4v) is 2.85. The van der Waals surface area contributed by atoms with Crippen molar-refractivity contribution in [1.82, 2.24) is 4.90 Å². The molecule has 2 fully saturated rings. The summed E-state index contributed by atoms with van der Waals surface area (Å²) in [7, 11) is 1.87. The van der Waals surface area contributed by atoms with Crippen LogP contribution in [0.3, 0.4) is 0 Å². The second kappa shape index (κ2) is 6.53. The van der Waals surface area contributed by atoms with Crippen molar-refractivity contribution in [2.75, 3.05) is 20.2 Å². The maximum absolute atomic E-state index is 12.0. The van der Waals surface area contributed by atoms with Crippen LogP contribution in [-0.4, -0.2) is 48.3 Å². The lowest BCUT2D eigenvalue weighted by Crippen LogP contribution is -2.39. The van der Waals surface area contributed by atoms with Crippen LogP contribution < -0.4 is 0 Å². The van der Waals surface area contributed by atoms with E-state index in [1.165, 1.54) is 6.42 Å². The van der Waals surface area contributed by atoms with Crippen LogP contribution in [0.4, 0.5) is 0 Å². The van der Waals surface area contributed by atoms with E-state index in [1.54, 1.807) is 0 Å². The van der Waals surface area contributed by atoms with Gasteiger partial charge < -0.3 is 14.7 Å². The van der Waals surface area contributed by atoms with Gasteiger partial charge in [0.1, 0.15) is 0 Å². The van der Waals surface area contributed by atoms with Gasteiger partial charge in [-0.3, -0.25) is 4.79 Å². The molecule has 1 unspecified atom stereocenters. The van der Waals surface area contributed by atoms with Crippen LogP contribution >= 0.6 is 0 Å². The first kappa shape index (κ1) is 13.8. The molecule has 4 nitrogen and oxygen atoms in total. The second-order valence-electron chi connectivity index (χ2n) is 5.79. The molecule has 0 aromatic rings. The molecule has 1 saturated carbocycles. The van der Waals surface area contributed by atoms with Gasteiger partial charge in [-0.15, -0.1) is 0 Å². The number of aliphatic hydroxyl groups excluding tert-OH is 1. The Morgan fingerprint density at radius 3 is 2.78 bits per heavy atom. The summed E-state index contributed by atoms with van der Waals surface area (Å²) >= 11 is 0. The number of nitrogens with zero attached hydrogens (tertiary/aromatic N) is 1. The van der Waals surface area contributed by atoms with E-state index in [9.17, 15) is 9.90 Å². The standard InChI is InChI=1S/C14H25NO3/c1-15(10-11-8-12(16)9-11)14(17)6-5-13-4-2-3-7-18-13/h11-13,16H,2-10H2,1H3. The molecule has 0 spiro atoms. The molecule has 2 rings (SSSR count). The molecule has 1 aliphatic carbocycles. The Hall–Kier alpha value is -0.610. The van der Waals surface area contributed by atoms with E-state index in [0.717, 1.165) is 45.3 Å². The smallest absolute Gasteiger partial charge is 0.222 e. The lowest BCUT2D eigenvalue weighted by Gasteiger charge is -2.34. The van der Waals surface area contributed by atoms with Gasteiger partial charge in [0, 0.05) is 26.6 Å². The van der Waals surface area contributed by atoms with E-state index in [2.05, 4.69) is 0 Å². The normalized spacial score (nSPS) is 31.8. The number of hydrogen-bond donors (Lipinski definition) is 1. The van der Waals surface area contributed by atoms with E-state index >= 15 is 0 Å². The molecule has 1 aliphatic heterocycles. The van der Waals surface area contributed by atoms with E-state index in [0.29, 0.717) is 18.4 Å². The van der Waals surface area contributed by atoms with E-state index < -0.39 is 0 Å². The molecule has 2 aliphatic rings. The van der Waals surface area contributed by atoms with Gasteiger partial charge in [0.15, 0.2) is 0 Å². The Morgan fingerprint density at radius 2 is 2.17 bits per heavy atom. The lowest BCUT2D eigenvalue weighted by molar-refractivity contribution is -0.132. The van der Waals surface area contributed by atoms with Gasteiger partial charge in [-0.25, -0.2) is 0 Å². The molecule has 1 atom stereocenters. The fourth-order valence-electron chi connectivity index (χ4n) is 2.85. The Bertz CT molecular complexity index is 270. The van der Waals surface area contributed by atoms with Crippen molar-refractivity contribution in [3.8, 4) is 0 Å². The van der Waals surface area contributed by atoms with Crippen molar-refractivity contribution in [3.63, 3.8) is 0 Å². The number of carbonyl (C=O) groups excluding carboxylic acids is 1. The van der Waals surface area contributed by atoms with Gasteiger partial charge in [-0.2, -0.15) is 0 Å². The first-order valence-corrected chi connectivity index (χ1v) is 7.19. The SMILES string of the molecule is CN(CC1CC(O)C1)C(=O)CCC1CCCCO1.